The van der Waals surface area contributed by atoms with Crippen LogP contribution < -0.4 is 5.73 Å². The largest absolute Gasteiger partial charge is 0.392 e. The minimum absolute atomic E-state index is 0.216. The molecule has 3 nitrogen and oxygen atoms in total. The third kappa shape index (κ3) is 3.63. The molecule has 1 heterocycles. The second kappa shape index (κ2) is 4.94. The Morgan fingerprint density at radius 1 is 1.54 bits per heavy atom. The monoisotopic (exact) mass is 186 g/mol. The summed E-state index contributed by atoms with van der Waals surface area (Å²) in [4.78, 5) is 2.32. The zero-order valence-corrected chi connectivity index (χ0v) is 8.74. The molecule has 3 N–H and O–H groups in total. The van der Waals surface area contributed by atoms with Crippen LogP contribution in [0, 0.1) is 5.92 Å². The maximum atomic E-state index is 9.26. The summed E-state index contributed by atoms with van der Waals surface area (Å²) < 4.78 is 0. The summed E-state index contributed by atoms with van der Waals surface area (Å²) in [6, 6.07) is 0.289. The van der Waals surface area contributed by atoms with E-state index in [1.54, 1.807) is 0 Å². The average Bonchev–Trinajstić information content (AvgIpc) is 2.03. The number of hydrogen-bond acceptors (Lipinski definition) is 3. The number of likely N-dealkylation sites (tertiary alicyclic amines) is 1. The van der Waals surface area contributed by atoms with Gasteiger partial charge in [0.25, 0.3) is 0 Å². The van der Waals surface area contributed by atoms with E-state index in [2.05, 4.69) is 11.8 Å². The summed E-state index contributed by atoms with van der Waals surface area (Å²) in [5.41, 5.74) is 5.87. The minimum Gasteiger partial charge on any atom is -0.392 e. The number of aliphatic hydroxyl groups excluding tert-OH is 1. The Morgan fingerprint density at radius 3 is 2.77 bits per heavy atom. The molecule has 0 saturated carbocycles. The molecule has 0 amide bonds. The van der Waals surface area contributed by atoms with E-state index >= 15 is 0 Å². The van der Waals surface area contributed by atoms with E-state index in [-0.39, 0.29) is 12.1 Å². The number of piperidine rings is 1. The Bertz CT molecular complexity index is 148. The maximum Gasteiger partial charge on any atom is 0.0639 e. The first-order valence-corrected chi connectivity index (χ1v) is 5.25. The van der Waals surface area contributed by atoms with Gasteiger partial charge in [0.05, 0.1) is 6.10 Å². The van der Waals surface area contributed by atoms with Gasteiger partial charge < -0.3 is 15.7 Å². The van der Waals surface area contributed by atoms with Crippen LogP contribution in [0.25, 0.3) is 0 Å². The number of β-amino-alcohol motifs (C(OH)–C–C–N with tert-alkyl or cyclic N) is 1. The molecule has 0 aromatic rings. The number of hydrogen-bond donors (Lipinski definition) is 2. The molecule has 0 bridgehead atoms. The van der Waals surface area contributed by atoms with Crippen molar-refractivity contribution in [2.75, 3.05) is 19.6 Å². The predicted molar refractivity (Wildman–Crippen MR) is 54.5 cm³/mol. The van der Waals surface area contributed by atoms with Crippen LogP contribution in [0.3, 0.4) is 0 Å². The van der Waals surface area contributed by atoms with Gasteiger partial charge in [-0.05, 0) is 39.2 Å². The average molecular weight is 186 g/mol. The quantitative estimate of drug-likeness (QED) is 0.672. The molecule has 78 valence electrons. The van der Waals surface area contributed by atoms with Gasteiger partial charge in [0.1, 0.15) is 0 Å². The van der Waals surface area contributed by atoms with Gasteiger partial charge in [-0.1, -0.05) is 0 Å². The SMILES string of the molecule is CC(O)CN1CCCC(C(C)N)C1. The number of nitrogens with zero attached hydrogens (tertiary/aromatic N) is 1. The summed E-state index contributed by atoms with van der Waals surface area (Å²) in [5, 5.41) is 9.26. The highest BCUT2D eigenvalue weighted by molar-refractivity contribution is 4.78. The van der Waals surface area contributed by atoms with Crippen LogP contribution in [0.4, 0.5) is 0 Å². The van der Waals surface area contributed by atoms with Gasteiger partial charge in [0.15, 0.2) is 0 Å². The fraction of sp³-hybridized carbons (Fsp3) is 1.00. The molecule has 0 radical (unpaired) electrons. The number of nitrogens with two attached hydrogens (primary N) is 1. The molecule has 0 aromatic carbocycles. The van der Waals surface area contributed by atoms with Crippen molar-refractivity contribution in [2.45, 2.75) is 38.8 Å². The first kappa shape index (κ1) is 11.0. The second-order valence-electron chi connectivity index (χ2n) is 4.37. The Balaban J connectivity index is 2.33. The van der Waals surface area contributed by atoms with E-state index in [0.717, 1.165) is 19.6 Å². The molecule has 13 heavy (non-hydrogen) atoms. The Hall–Kier alpha value is -0.120. The summed E-state index contributed by atoms with van der Waals surface area (Å²) in [7, 11) is 0. The topological polar surface area (TPSA) is 49.5 Å². The second-order valence-corrected chi connectivity index (χ2v) is 4.37. The molecule has 0 spiro atoms. The van der Waals surface area contributed by atoms with Crippen molar-refractivity contribution in [3.05, 3.63) is 0 Å². The lowest BCUT2D eigenvalue weighted by Crippen LogP contribution is -2.44. The summed E-state index contributed by atoms with van der Waals surface area (Å²) >= 11 is 0. The molecule has 0 aliphatic carbocycles. The fourth-order valence-electron chi connectivity index (χ4n) is 2.06. The normalized spacial score (nSPS) is 30.0. The lowest BCUT2D eigenvalue weighted by Gasteiger charge is -2.35. The molecule has 1 aliphatic rings. The van der Waals surface area contributed by atoms with Crippen molar-refractivity contribution in [1.29, 1.82) is 0 Å². The summed E-state index contributed by atoms with van der Waals surface area (Å²) in [6.45, 7) is 6.89. The van der Waals surface area contributed by atoms with Crippen LogP contribution in [-0.2, 0) is 0 Å². The molecule has 0 aromatic heterocycles. The molecule has 1 aliphatic heterocycles. The maximum absolute atomic E-state index is 9.26. The van der Waals surface area contributed by atoms with Crippen LogP contribution in [0.5, 0.6) is 0 Å². The van der Waals surface area contributed by atoms with E-state index in [9.17, 15) is 5.11 Å². The molecule has 3 heteroatoms. The van der Waals surface area contributed by atoms with E-state index in [1.807, 2.05) is 6.92 Å². The van der Waals surface area contributed by atoms with Gasteiger partial charge in [-0.2, -0.15) is 0 Å². The van der Waals surface area contributed by atoms with Crippen molar-refractivity contribution < 1.29 is 5.11 Å². The smallest absolute Gasteiger partial charge is 0.0639 e. The van der Waals surface area contributed by atoms with Crippen molar-refractivity contribution in [1.82, 2.24) is 4.90 Å². The molecule has 1 fully saturated rings. The Labute approximate surface area is 80.9 Å². The van der Waals surface area contributed by atoms with E-state index in [0.29, 0.717) is 5.92 Å². The molecular weight excluding hydrogens is 164 g/mol. The zero-order chi connectivity index (χ0) is 9.84. The molecule has 3 unspecified atom stereocenters. The summed E-state index contributed by atoms with van der Waals surface area (Å²) in [6.07, 6.45) is 2.25. The lowest BCUT2D eigenvalue weighted by atomic mass is 9.92. The third-order valence-corrected chi connectivity index (χ3v) is 2.81. The van der Waals surface area contributed by atoms with Gasteiger partial charge in [-0.25, -0.2) is 0 Å². The Morgan fingerprint density at radius 2 is 2.23 bits per heavy atom. The minimum atomic E-state index is -0.216. The van der Waals surface area contributed by atoms with E-state index < -0.39 is 0 Å². The van der Waals surface area contributed by atoms with E-state index in [4.69, 9.17) is 5.73 Å². The standard InChI is InChI=1S/C10H22N2O/c1-8(13)6-12-5-3-4-10(7-12)9(2)11/h8-10,13H,3-7,11H2,1-2H3. The highest BCUT2D eigenvalue weighted by Crippen LogP contribution is 2.18. The van der Waals surface area contributed by atoms with Gasteiger partial charge in [0, 0.05) is 19.1 Å². The van der Waals surface area contributed by atoms with Gasteiger partial charge in [-0.3, -0.25) is 0 Å². The summed E-state index contributed by atoms with van der Waals surface area (Å²) in [5.74, 6) is 0.618. The Kier molecular flexibility index (Phi) is 4.16. The number of aliphatic hydroxyl groups is 1. The van der Waals surface area contributed by atoms with Crippen molar-refractivity contribution in [2.24, 2.45) is 11.7 Å². The van der Waals surface area contributed by atoms with Gasteiger partial charge >= 0.3 is 0 Å². The van der Waals surface area contributed by atoms with Gasteiger partial charge in [-0.15, -0.1) is 0 Å². The van der Waals surface area contributed by atoms with Crippen molar-refractivity contribution in [3.8, 4) is 0 Å². The highest BCUT2D eigenvalue weighted by atomic mass is 16.3. The predicted octanol–water partition coefficient (Wildman–Crippen LogP) is 0.426. The van der Waals surface area contributed by atoms with Crippen LogP contribution in [0.2, 0.25) is 0 Å². The lowest BCUT2D eigenvalue weighted by molar-refractivity contribution is 0.0899. The fourth-order valence-corrected chi connectivity index (χ4v) is 2.06. The third-order valence-electron chi connectivity index (χ3n) is 2.81. The first-order valence-electron chi connectivity index (χ1n) is 5.25. The molecule has 1 saturated heterocycles. The van der Waals surface area contributed by atoms with Crippen LogP contribution in [0.1, 0.15) is 26.7 Å². The van der Waals surface area contributed by atoms with Gasteiger partial charge in [0.2, 0.25) is 0 Å². The molecule has 3 atom stereocenters. The van der Waals surface area contributed by atoms with Crippen molar-refractivity contribution in [3.63, 3.8) is 0 Å². The van der Waals surface area contributed by atoms with Crippen LogP contribution in [-0.4, -0.2) is 41.8 Å². The number of rotatable bonds is 3. The molecule has 1 rings (SSSR count). The zero-order valence-electron chi connectivity index (χ0n) is 8.74. The van der Waals surface area contributed by atoms with Crippen LogP contribution in [0.15, 0.2) is 0 Å². The van der Waals surface area contributed by atoms with Crippen molar-refractivity contribution >= 4 is 0 Å². The van der Waals surface area contributed by atoms with Crippen LogP contribution >= 0.6 is 0 Å². The molecular formula is C10H22N2O. The first-order chi connectivity index (χ1) is 6.09. The van der Waals surface area contributed by atoms with E-state index in [1.165, 1.54) is 12.8 Å². The highest BCUT2D eigenvalue weighted by Gasteiger charge is 2.22.